The van der Waals surface area contributed by atoms with Crippen molar-refractivity contribution in [1.29, 1.82) is 0 Å². The van der Waals surface area contributed by atoms with E-state index in [9.17, 15) is 0 Å². The molecule has 0 saturated heterocycles. The predicted molar refractivity (Wildman–Crippen MR) is 78.0 cm³/mol. The highest BCUT2D eigenvalue weighted by Crippen LogP contribution is 2.31. The highest BCUT2D eigenvalue weighted by atomic mass is 15.2. The molecule has 0 radical (unpaired) electrons. The summed E-state index contributed by atoms with van der Waals surface area (Å²) >= 11 is 0. The van der Waals surface area contributed by atoms with Gasteiger partial charge in [-0.2, -0.15) is 4.98 Å². The van der Waals surface area contributed by atoms with Crippen LogP contribution < -0.4 is 10.2 Å². The fourth-order valence-corrected chi connectivity index (χ4v) is 2.55. The Morgan fingerprint density at radius 3 is 2.95 bits per heavy atom. The van der Waals surface area contributed by atoms with E-state index in [4.69, 9.17) is 0 Å². The highest BCUT2D eigenvalue weighted by Gasteiger charge is 2.17. The molecule has 0 fully saturated rings. The van der Waals surface area contributed by atoms with E-state index in [0.29, 0.717) is 5.95 Å². The number of nitrogens with one attached hydrogen (secondary N) is 1. The molecule has 0 bridgehead atoms. The summed E-state index contributed by atoms with van der Waals surface area (Å²) in [7, 11) is 1.84. The molecule has 3 rings (SSSR count). The Bertz CT molecular complexity index is 568. The predicted octanol–water partition coefficient (Wildman–Crippen LogP) is 2.99. The molecule has 0 unspecified atom stereocenters. The van der Waals surface area contributed by atoms with E-state index >= 15 is 0 Å². The van der Waals surface area contributed by atoms with E-state index in [2.05, 4.69) is 44.5 Å². The molecule has 1 aliphatic rings. The van der Waals surface area contributed by atoms with Crippen LogP contribution in [-0.2, 0) is 6.42 Å². The zero-order valence-electron chi connectivity index (χ0n) is 11.1. The zero-order chi connectivity index (χ0) is 13.1. The Morgan fingerprint density at radius 2 is 2.05 bits per heavy atom. The molecule has 98 valence electrons. The molecule has 1 aromatic carbocycles. The van der Waals surface area contributed by atoms with Crippen LogP contribution in [0.15, 0.2) is 36.5 Å². The van der Waals surface area contributed by atoms with Crippen molar-refractivity contribution in [2.45, 2.75) is 19.3 Å². The number of benzene rings is 1. The molecule has 0 saturated carbocycles. The van der Waals surface area contributed by atoms with E-state index in [1.54, 1.807) is 0 Å². The van der Waals surface area contributed by atoms with Crippen molar-refractivity contribution in [2.24, 2.45) is 0 Å². The Labute approximate surface area is 113 Å². The lowest BCUT2D eigenvalue weighted by Crippen LogP contribution is -2.19. The SMILES string of the molecule is CNc1nccc(N2CCCCc3ccccc32)n1. The van der Waals surface area contributed by atoms with Crippen LogP contribution >= 0.6 is 0 Å². The first kappa shape index (κ1) is 12.0. The summed E-state index contributed by atoms with van der Waals surface area (Å²) in [6.45, 7) is 1.01. The van der Waals surface area contributed by atoms with Gasteiger partial charge in [0, 0.05) is 25.5 Å². The van der Waals surface area contributed by atoms with E-state index in [0.717, 1.165) is 18.8 Å². The van der Waals surface area contributed by atoms with Crippen molar-refractivity contribution in [1.82, 2.24) is 9.97 Å². The van der Waals surface area contributed by atoms with Crippen molar-refractivity contribution in [3.8, 4) is 0 Å². The van der Waals surface area contributed by atoms with Gasteiger partial charge in [0.25, 0.3) is 0 Å². The Kier molecular flexibility index (Phi) is 3.31. The fourth-order valence-electron chi connectivity index (χ4n) is 2.55. The third-order valence-electron chi connectivity index (χ3n) is 3.50. The van der Waals surface area contributed by atoms with Crippen LogP contribution in [0.1, 0.15) is 18.4 Å². The second-order valence-corrected chi connectivity index (χ2v) is 4.73. The van der Waals surface area contributed by atoms with E-state index in [-0.39, 0.29) is 0 Å². The van der Waals surface area contributed by atoms with Crippen LogP contribution in [0.2, 0.25) is 0 Å². The van der Waals surface area contributed by atoms with Crippen molar-refractivity contribution < 1.29 is 0 Å². The standard InChI is InChI=1S/C15H18N4/c1-16-15-17-10-9-14(18-15)19-11-5-4-7-12-6-2-3-8-13(12)19/h2-3,6,8-10H,4-5,7,11H2,1H3,(H,16,17,18). The number of hydrogen-bond acceptors (Lipinski definition) is 4. The monoisotopic (exact) mass is 254 g/mol. The first-order valence-corrected chi connectivity index (χ1v) is 6.75. The minimum Gasteiger partial charge on any atom is -0.357 e. The topological polar surface area (TPSA) is 41.1 Å². The quantitative estimate of drug-likeness (QED) is 0.894. The summed E-state index contributed by atoms with van der Waals surface area (Å²) in [6, 6.07) is 10.6. The van der Waals surface area contributed by atoms with Crippen molar-refractivity contribution in [3.05, 3.63) is 42.1 Å². The second-order valence-electron chi connectivity index (χ2n) is 4.73. The van der Waals surface area contributed by atoms with E-state index in [1.807, 2.05) is 19.3 Å². The number of aromatic nitrogens is 2. The highest BCUT2D eigenvalue weighted by molar-refractivity contribution is 5.64. The van der Waals surface area contributed by atoms with Gasteiger partial charge in [-0.25, -0.2) is 4.98 Å². The maximum Gasteiger partial charge on any atom is 0.224 e. The van der Waals surface area contributed by atoms with E-state index < -0.39 is 0 Å². The van der Waals surface area contributed by atoms with Crippen molar-refractivity contribution in [3.63, 3.8) is 0 Å². The first-order chi connectivity index (χ1) is 9.38. The molecule has 0 amide bonds. The van der Waals surface area contributed by atoms with Gasteiger partial charge in [-0.1, -0.05) is 18.2 Å². The number of nitrogens with zero attached hydrogens (tertiary/aromatic N) is 3. The summed E-state index contributed by atoms with van der Waals surface area (Å²) in [6.07, 6.45) is 5.38. The van der Waals surface area contributed by atoms with Gasteiger partial charge in [-0.15, -0.1) is 0 Å². The van der Waals surface area contributed by atoms with Crippen LogP contribution in [0.5, 0.6) is 0 Å². The third-order valence-corrected chi connectivity index (χ3v) is 3.50. The van der Waals surface area contributed by atoms with Gasteiger partial charge >= 0.3 is 0 Å². The van der Waals surface area contributed by atoms with Gasteiger partial charge in [0.2, 0.25) is 5.95 Å². The van der Waals surface area contributed by atoms with Crippen molar-refractivity contribution >= 4 is 17.5 Å². The van der Waals surface area contributed by atoms with E-state index in [1.165, 1.54) is 24.1 Å². The molecule has 0 aliphatic carbocycles. The van der Waals surface area contributed by atoms with Gasteiger partial charge in [0.15, 0.2) is 0 Å². The maximum atomic E-state index is 4.56. The lowest BCUT2D eigenvalue weighted by Gasteiger charge is -2.24. The van der Waals surface area contributed by atoms with Crippen LogP contribution in [0.3, 0.4) is 0 Å². The minimum atomic E-state index is 0.666. The molecular formula is C15H18N4. The fraction of sp³-hybridized carbons (Fsp3) is 0.333. The molecule has 0 spiro atoms. The van der Waals surface area contributed by atoms with Crippen molar-refractivity contribution in [2.75, 3.05) is 23.8 Å². The summed E-state index contributed by atoms with van der Waals surface area (Å²) < 4.78 is 0. The zero-order valence-corrected chi connectivity index (χ0v) is 11.1. The minimum absolute atomic E-state index is 0.666. The molecule has 19 heavy (non-hydrogen) atoms. The van der Waals surface area contributed by atoms with Gasteiger partial charge in [-0.3, -0.25) is 0 Å². The second kappa shape index (κ2) is 5.26. The molecular weight excluding hydrogens is 236 g/mol. The molecule has 4 nitrogen and oxygen atoms in total. The maximum absolute atomic E-state index is 4.56. The van der Waals surface area contributed by atoms with Crippen LogP contribution in [0.25, 0.3) is 0 Å². The van der Waals surface area contributed by atoms with Gasteiger partial charge in [0.1, 0.15) is 5.82 Å². The van der Waals surface area contributed by atoms with Crippen LogP contribution in [-0.4, -0.2) is 23.6 Å². The normalized spacial score (nSPS) is 14.7. The molecule has 1 aromatic heterocycles. The average molecular weight is 254 g/mol. The average Bonchev–Trinajstić information content (AvgIpc) is 2.69. The number of rotatable bonds is 2. The van der Waals surface area contributed by atoms with Gasteiger partial charge in [0.05, 0.1) is 0 Å². The summed E-state index contributed by atoms with van der Waals surface area (Å²) in [4.78, 5) is 11.0. The third kappa shape index (κ3) is 2.38. The smallest absolute Gasteiger partial charge is 0.224 e. The molecule has 2 aromatic rings. The number of hydrogen-bond donors (Lipinski definition) is 1. The largest absolute Gasteiger partial charge is 0.357 e. The summed E-state index contributed by atoms with van der Waals surface area (Å²) in [5.74, 6) is 1.63. The Hall–Kier alpha value is -2.10. The molecule has 2 heterocycles. The lowest BCUT2D eigenvalue weighted by atomic mass is 10.1. The number of aryl methyl sites for hydroxylation is 1. The number of anilines is 3. The first-order valence-electron chi connectivity index (χ1n) is 6.75. The lowest BCUT2D eigenvalue weighted by molar-refractivity contribution is 0.757. The van der Waals surface area contributed by atoms with Gasteiger partial charge < -0.3 is 10.2 Å². The molecule has 1 N–H and O–H groups in total. The summed E-state index contributed by atoms with van der Waals surface area (Å²) in [5.41, 5.74) is 2.69. The number of fused-ring (bicyclic) bond motifs is 1. The Morgan fingerprint density at radius 1 is 1.16 bits per heavy atom. The molecule has 1 aliphatic heterocycles. The Balaban J connectivity index is 2.03. The molecule has 4 heteroatoms. The summed E-state index contributed by atoms with van der Waals surface area (Å²) in [5, 5.41) is 3.00. The van der Waals surface area contributed by atoms with Crippen LogP contribution in [0.4, 0.5) is 17.5 Å². The number of para-hydroxylation sites is 1. The molecule has 0 atom stereocenters. The van der Waals surface area contributed by atoms with Gasteiger partial charge in [-0.05, 0) is 37.0 Å². The van der Waals surface area contributed by atoms with Crippen LogP contribution in [0, 0.1) is 0 Å².